The van der Waals surface area contributed by atoms with E-state index in [0.717, 1.165) is 24.5 Å². The summed E-state index contributed by atoms with van der Waals surface area (Å²) in [5.41, 5.74) is 3.89. The Labute approximate surface area is 232 Å². The molecule has 0 atom stereocenters. The van der Waals surface area contributed by atoms with E-state index in [1.165, 1.54) is 69.0 Å². The van der Waals surface area contributed by atoms with Crippen LogP contribution < -0.4 is 15.4 Å². The predicted molar refractivity (Wildman–Crippen MR) is 160 cm³/mol. The maximum atomic E-state index is 12.5. The molecule has 0 unspecified atom stereocenters. The van der Waals surface area contributed by atoms with Crippen LogP contribution in [0.25, 0.3) is 0 Å². The maximum Gasteiger partial charge on any atom is 0.323 e. The Hall–Kier alpha value is -2.31. The largest absolute Gasteiger partial charge is 0.492 e. The second-order valence-electron chi connectivity index (χ2n) is 9.70. The summed E-state index contributed by atoms with van der Waals surface area (Å²) in [7, 11) is 0. The lowest BCUT2D eigenvalue weighted by Gasteiger charge is -2.19. The summed E-state index contributed by atoms with van der Waals surface area (Å²) in [5.74, 6) is 1.59. The zero-order chi connectivity index (χ0) is 26.3. The molecule has 3 rings (SSSR count). The van der Waals surface area contributed by atoms with E-state index >= 15 is 0 Å². The minimum atomic E-state index is -0.301. The second-order valence-corrected chi connectivity index (χ2v) is 10.9. The topological polar surface area (TPSA) is 53.6 Å². The first kappa shape index (κ1) is 29.2. The van der Waals surface area contributed by atoms with Crippen LogP contribution in [0.15, 0.2) is 53.6 Å². The molecule has 0 saturated heterocycles. The first-order chi connectivity index (χ1) is 18.0. The number of halogens is 1. The van der Waals surface area contributed by atoms with Crippen molar-refractivity contribution >= 4 is 40.8 Å². The quantitative estimate of drug-likeness (QED) is 0.207. The molecule has 0 radical (unpaired) electrons. The molecule has 0 bridgehead atoms. The van der Waals surface area contributed by atoms with E-state index in [9.17, 15) is 4.79 Å². The van der Waals surface area contributed by atoms with E-state index in [0.29, 0.717) is 23.1 Å². The second kappa shape index (κ2) is 16.5. The van der Waals surface area contributed by atoms with Gasteiger partial charge in [0.15, 0.2) is 0 Å². The monoisotopic (exact) mass is 543 g/mol. The van der Waals surface area contributed by atoms with Gasteiger partial charge in [-0.15, -0.1) is 11.8 Å². The summed E-state index contributed by atoms with van der Waals surface area (Å²) in [4.78, 5) is 14.9. The van der Waals surface area contributed by atoms with Gasteiger partial charge in [0.2, 0.25) is 0 Å². The van der Waals surface area contributed by atoms with Crippen molar-refractivity contribution in [2.24, 2.45) is 0 Å². The Kier molecular flexibility index (Phi) is 13.1. The van der Waals surface area contributed by atoms with Crippen molar-refractivity contribution in [2.45, 2.75) is 84.6 Å². The third-order valence-corrected chi connectivity index (χ3v) is 7.79. The van der Waals surface area contributed by atoms with Crippen LogP contribution >= 0.6 is 23.4 Å². The number of rotatable bonds is 16. The molecule has 1 heterocycles. The number of allylic oxidation sites excluding steroid dienone is 1. The highest BCUT2D eigenvalue weighted by atomic mass is 35.5. The average molecular weight is 544 g/mol. The van der Waals surface area contributed by atoms with E-state index in [1.54, 1.807) is 18.2 Å². The third-order valence-electron chi connectivity index (χ3n) is 6.51. The minimum absolute atomic E-state index is 0.301. The Morgan fingerprint density at radius 2 is 1.54 bits per heavy atom. The molecule has 0 saturated carbocycles. The summed E-state index contributed by atoms with van der Waals surface area (Å²) in [5, 5.41) is 8.50. The van der Waals surface area contributed by atoms with Crippen molar-refractivity contribution in [3.63, 3.8) is 0 Å². The van der Waals surface area contributed by atoms with Crippen LogP contribution in [-0.4, -0.2) is 23.4 Å². The number of carbonyl (C=O) groups excluding carboxylic acids is 1. The summed E-state index contributed by atoms with van der Waals surface area (Å²) in [6.07, 6.45) is 12.9. The Balaban J connectivity index is 1.35. The van der Waals surface area contributed by atoms with Crippen LogP contribution in [-0.2, 0) is 6.54 Å². The van der Waals surface area contributed by atoms with Crippen molar-refractivity contribution < 1.29 is 9.53 Å². The number of benzene rings is 2. The highest BCUT2D eigenvalue weighted by Crippen LogP contribution is 2.28. The molecule has 0 fully saturated rings. The number of anilines is 2. The van der Waals surface area contributed by atoms with E-state index in [-0.39, 0.29) is 6.03 Å². The molecule has 1 aliphatic heterocycles. The van der Waals surface area contributed by atoms with Crippen molar-refractivity contribution in [1.82, 2.24) is 4.90 Å². The van der Waals surface area contributed by atoms with Gasteiger partial charge in [0.25, 0.3) is 0 Å². The number of hydrogen-bond donors (Lipinski definition) is 2. The first-order valence-electron chi connectivity index (χ1n) is 13.7. The van der Waals surface area contributed by atoms with Crippen molar-refractivity contribution in [2.75, 3.05) is 23.1 Å². The number of hydrogen-bond acceptors (Lipinski definition) is 4. The van der Waals surface area contributed by atoms with Crippen molar-refractivity contribution in [1.29, 1.82) is 0 Å². The van der Waals surface area contributed by atoms with Gasteiger partial charge in [-0.3, -0.25) is 0 Å². The molecule has 7 heteroatoms. The standard InChI is InChI=1S/C30H42ClN3O2S/c1-3-4-5-6-7-8-9-10-11-12-19-36-29-20-27(17-18-28(29)31)33-30(35)32-26-15-13-25(14-16-26)21-34-23-37-22-24(34)2/h13-18,20,22H,3-12,19,21,23H2,1-2H3,(H2,32,33,35). The molecule has 1 aliphatic rings. The molecule has 0 spiro atoms. The lowest BCUT2D eigenvalue weighted by Crippen LogP contribution is -2.19. The number of nitrogens with zero attached hydrogens (tertiary/aromatic N) is 1. The van der Waals surface area contributed by atoms with E-state index in [4.69, 9.17) is 16.3 Å². The van der Waals surface area contributed by atoms with Gasteiger partial charge in [0.1, 0.15) is 5.75 Å². The Bertz CT molecular complexity index is 997. The van der Waals surface area contributed by atoms with Gasteiger partial charge in [0, 0.05) is 29.7 Å². The van der Waals surface area contributed by atoms with Gasteiger partial charge in [-0.1, -0.05) is 88.4 Å². The molecule has 202 valence electrons. The van der Waals surface area contributed by atoms with Gasteiger partial charge in [0.05, 0.1) is 17.5 Å². The zero-order valence-electron chi connectivity index (χ0n) is 22.4. The molecular weight excluding hydrogens is 502 g/mol. The van der Waals surface area contributed by atoms with Crippen LogP contribution in [0.1, 0.15) is 83.6 Å². The summed E-state index contributed by atoms with van der Waals surface area (Å²) < 4.78 is 5.91. The number of amides is 2. The molecule has 2 amide bonds. The van der Waals surface area contributed by atoms with Crippen molar-refractivity contribution in [3.8, 4) is 5.75 Å². The molecule has 0 aromatic heterocycles. The Morgan fingerprint density at radius 3 is 2.19 bits per heavy atom. The van der Waals surface area contributed by atoms with Crippen LogP contribution in [0, 0.1) is 0 Å². The number of unbranched alkanes of at least 4 members (excludes halogenated alkanes) is 9. The van der Waals surface area contributed by atoms with Crippen LogP contribution in [0.5, 0.6) is 5.75 Å². The maximum absolute atomic E-state index is 12.5. The lowest BCUT2D eigenvalue weighted by atomic mass is 10.1. The highest BCUT2D eigenvalue weighted by Gasteiger charge is 2.12. The van der Waals surface area contributed by atoms with Gasteiger partial charge in [-0.25, -0.2) is 4.79 Å². The fraction of sp³-hybridized carbons (Fsp3) is 0.500. The van der Waals surface area contributed by atoms with Gasteiger partial charge < -0.3 is 20.3 Å². The van der Waals surface area contributed by atoms with Crippen molar-refractivity contribution in [3.05, 3.63) is 64.2 Å². The highest BCUT2D eigenvalue weighted by molar-refractivity contribution is 8.02. The minimum Gasteiger partial charge on any atom is -0.492 e. The normalized spacial score (nSPS) is 12.9. The average Bonchev–Trinajstić information content (AvgIpc) is 3.29. The van der Waals surface area contributed by atoms with Gasteiger partial charge >= 0.3 is 6.03 Å². The van der Waals surface area contributed by atoms with Crippen LogP contribution in [0.4, 0.5) is 16.2 Å². The molecular formula is C30H42ClN3O2S. The smallest absolute Gasteiger partial charge is 0.323 e. The van der Waals surface area contributed by atoms with E-state index in [2.05, 4.69) is 34.8 Å². The van der Waals surface area contributed by atoms with E-state index in [1.807, 2.05) is 36.0 Å². The fourth-order valence-corrected chi connectivity index (χ4v) is 5.38. The van der Waals surface area contributed by atoms with E-state index < -0.39 is 0 Å². The van der Waals surface area contributed by atoms with Crippen LogP contribution in [0.2, 0.25) is 5.02 Å². The van der Waals surface area contributed by atoms with Gasteiger partial charge in [-0.05, 0) is 48.6 Å². The molecule has 2 N–H and O–H groups in total. The number of urea groups is 1. The number of thioether (sulfide) groups is 1. The SMILES string of the molecule is CCCCCCCCCCCCOc1cc(NC(=O)Nc2ccc(CN3CSC=C3C)cc2)ccc1Cl. The molecule has 2 aromatic rings. The zero-order valence-corrected chi connectivity index (χ0v) is 23.9. The third kappa shape index (κ3) is 10.9. The number of ether oxygens (including phenoxy) is 1. The molecule has 0 aliphatic carbocycles. The summed E-state index contributed by atoms with van der Waals surface area (Å²) in [6.45, 7) is 5.89. The predicted octanol–water partition coefficient (Wildman–Crippen LogP) is 9.65. The molecule has 37 heavy (non-hydrogen) atoms. The Morgan fingerprint density at radius 1 is 0.919 bits per heavy atom. The fourth-order valence-electron chi connectivity index (χ4n) is 4.27. The molecule has 5 nitrogen and oxygen atoms in total. The van der Waals surface area contributed by atoms with Gasteiger partial charge in [-0.2, -0.15) is 0 Å². The summed E-state index contributed by atoms with van der Waals surface area (Å²) in [6, 6.07) is 13.0. The number of nitrogens with one attached hydrogen (secondary N) is 2. The lowest BCUT2D eigenvalue weighted by molar-refractivity contribution is 0.262. The van der Waals surface area contributed by atoms with Crippen LogP contribution in [0.3, 0.4) is 0 Å². The summed E-state index contributed by atoms with van der Waals surface area (Å²) >= 11 is 8.14. The molecule has 2 aromatic carbocycles. The first-order valence-corrected chi connectivity index (χ1v) is 15.1. The number of carbonyl (C=O) groups is 1.